The van der Waals surface area contributed by atoms with Crippen molar-refractivity contribution in [2.24, 2.45) is 0 Å². The number of hydrogen-bond donors (Lipinski definition) is 0. The number of imidazole rings is 2. The molecule has 30 heavy (non-hydrogen) atoms. The van der Waals surface area contributed by atoms with E-state index in [1.165, 1.54) is 0 Å². The molecule has 0 aliphatic rings. The maximum Gasteiger partial charge on any atom is 0.0991 e. The van der Waals surface area contributed by atoms with Gasteiger partial charge < -0.3 is 9.13 Å². The fraction of sp³-hybridized carbons (Fsp3) is 0. The Bertz CT molecular complexity index is 1380. The van der Waals surface area contributed by atoms with Crippen LogP contribution in [-0.2, 0) is 0 Å². The monoisotopic (exact) mass is 388 g/mol. The van der Waals surface area contributed by atoms with Crippen LogP contribution in [0.3, 0.4) is 0 Å². The lowest BCUT2D eigenvalue weighted by Gasteiger charge is -2.14. The molecule has 0 unspecified atom stereocenters. The molecule has 0 saturated carbocycles. The largest absolute Gasteiger partial charge is 0.306 e. The summed E-state index contributed by atoms with van der Waals surface area (Å²) in [6.45, 7) is 0. The predicted molar refractivity (Wildman–Crippen MR) is 117 cm³/mol. The summed E-state index contributed by atoms with van der Waals surface area (Å²) in [5.41, 5.74) is 6.06. The summed E-state index contributed by atoms with van der Waals surface area (Å²) < 4.78 is 4.01. The summed E-state index contributed by atoms with van der Waals surface area (Å²) >= 11 is 0. The molecule has 6 heteroatoms. The van der Waals surface area contributed by atoms with Crippen molar-refractivity contribution in [1.82, 2.24) is 29.1 Å². The van der Waals surface area contributed by atoms with Crippen LogP contribution in [0.25, 0.3) is 44.3 Å². The van der Waals surface area contributed by atoms with Crippen LogP contribution in [-0.4, -0.2) is 29.1 Å². The number of pyridine rings is 2. The van der Waals surface area contributed by atoms with Gasteiger partial charge in [0.1, 0.15) is 0 Å². The van der Waals surface area contributed by atoms with E-state index in [0.29, 0.717) is 0 Å². The van der Waals surface area contributed by atoms with Crippen LogP contribution in [0.15, 0.2) is 98.4 Å². The van der Waals surface area contributed by atoms with Crippen molar-refractivity contribution in [3.63, 3.8) is 0 Å². The molecule has 6 aromatic rings. The van der Waals surface area contributed by atoms with E-state index in [4.69, 9.17) is 4.98 Å². The minimum Gasteiger partial charge on any atom is -0.306 e. The molecule has 0 spiro atoms. The zero-order chi connectivity index (χ0) is 19.9. The Morgan fingerprint density at radius 2 is 1.37 bits per heavy atom. The maximum atomic E-state index is 4.73. The van der Waals surface area contributed by atoms with Gasteiger partial charge >= 0.3 is 0 Å². The van der Waals surface area contributed by atoms with Gasteiger partial charge in [-0.15, -0.1) is 0 Å². The highest BCUT2D eigenvalue weighted by molar-refractivity contribution is 6.10. The van der Waals surface area contributed by atoms with Crippen LogP contribution < -0.4 is 0 Å². The minimum atomic E-state index is 0.949. The van der Waals surface area contributed by atoms with Crippen molar-refractivity contribution in [2.45, 2.75) is 0 Å². The summed E-state index contributed by atoms with van der Waals surface area (Å²) in [4.78, 5) is 17.8. The second kappa shape index (κ2) is 6.63. The molecule has 4 aromatic heterocycles. The van der Waals surface area contributed by atoms with E-state index < -0.39 is 0 Å². The maximum absolute atomic E-state index is 4.73. The van der Waals surface area contributed by atoms with Gasteiger partial charge in [-0.3, -0.25) is 9.97 Å². The average molecular weight is 388 g/mol. The molecule has 0 bridgehead atoms. The Morgan fingerprint density at radius 3 is 2.07 bits per heavy atom. The normalized spacial score (nSPS) is 11.3. The quantitative estimate of drug-likeness (QED) is 0.408. The molecule has 4 heterocycles. The SMILES string of the molecule is c1cnc2c(-c3cc(-n4ccnc4)cc(-n4ccnc4)c3)c3cccnc3cc2c1. The van der Waals surface area contributed by atoms with Gasteiger partial charge in [-0.05, 0) is 42.0 Å². The molecule has 0 radical (unpaired) electrons. The fourth-order valence-electron chi connectivity index (χ4n) is 3.92. The first kappa shape index (κ1) is 16.6. The molecule has 0 amide bonds. The van der Waals surface area contributed by atoms with Crippen LogP contribution in [0.5, 0.6) is 0 Å². The van der Waals surface area contributed by atoms with Gasteiger partial charge in [0.15, 0.2) is 0 Å². The van der Waals surface area contributed by atoms with Crippen molar-refractivity contribution in [3.05, 3.63) is 98.4 Å². The lowest BCUT2D eigenvalue weighted by atomic mass is 9.96. The average Bonchev–Trinajstić information content (AvgIpc) is 3.52. The molecule has 0 saturated heterocycles. The van der Waals surface area contributed by atoms with Gasteiger partial charge in [0, 0.05) is 64.9 Å². The van der Waals surface area contributed by atoms with Gasteiger partial charge in [-0.2, -0.15) is 0 Å². The molecule has 6 nitrogen and oxygen atoms in total. The summed E-state index contributed by atoms with van der Waals surface area (Å²) in [5, 5.41) is 2.14. The molecular formula is C24H16N6. The van der Waals surface area contributed by atoms with Crippen LogP contribution in [0.1, 0.15) is 0 Å². The first-order valence-corrected chi connectivity index (χ1v) is 9.61. The molecule has 2 aromatic carbocycles. The second-order valence-corrected chi connectivity index (χ2v) is 7.07. The first-order valence-electron chi connectivity index (χ1n) is 9.61. The third kappa shape index (κ3) is 2.66. The van der Waals surface area contributed by atoms with Gasteiger partial charge in [-0.1, -0.05) is 12.1 Å². The second-order valence-electron chi connectivity index (χ2n) is 7.07. The van der Waals surface area contributed by atoms with E-state index in [-0.39, 0.29) is 0 Å². The lowest BCUT2D eigenvalue weighted by molar-refractivity contribution is 1.02. The van der Waals surface area contributed by atoms with Crippen molar-refractivity contribution in [1.29, 1.82) is 0 Å². The summed E-state index contributed by atoms with van der Waals surface area (Å²) in [7, 11) is 0. The highest BCUT2D eigenvalue weighted by atomic mass is 15.0. The molecule has 0 atom stereocenters. The van der Waals surface area contributed by atoms with Gasteiger partial charge in [-0.25, -0.2) is 9.97 Å². The van der Waals surface area contributed by atoms with Gasteiger partial charge in [0.05, 0.1) is 23.7 Å². The first-order chi connectivity index (χ1) is 14.9. The molecule has 6 rings (SSSR count). The van der Waals surface area contributed by atoms with Crippen LogP contribution in [0, 0.1) is 0 Å². The molecule has 0 N–H and O–H groups in total. The number of nitrogens with zero attached hydrogens (tertiary/aromatic N) is 6. The Balaban J connectivity index is 1.72. The molecule has 0 aliphatic carbocycles. The number of fused-ring (bicyclic) bond motifs is 2. The predicted octanol–water partition coefficient (Wildman–Crippen LogP) is 4.82. The fourth-order valence-corrected chi connectivity index (χ4v) is 3.92. The highest BCUT2D eigenvalue weighted by Gasteiger charge is 2.14. The minimum absolute atomic E-state index is 0.949. The zero-order valence-corrected chi connectivity index (χ0v) is 15.9. The van der Waals surface area contributed by atoms with Crippen LogP contribution in [0.2, 0.25) is 0 Å². The lowest BCUT2D eigenvalue weighted by Crippen LogP contribution is -1.98. The topological polar surface area (TPSA) is 61.4 Å². The molecule has 0 aliphatic heterocycles. The Labute approximate surface area is 172 Å². The zero-order valence-electron chi connectivity index (χ0n) is 15.9. The van der Waals surface area contributed by atoms with Crippen molar-refractivity contribution in [3.8, 4) is 22.5 Å². The van der Waals surface area contributed by atoms with Crippen molar-refractivity contribution < 1.29 is 0 Å². The van der Waals surface area contributed by atoms with E-state index in [1.807, 2.05) is 46.1 Å². The molecule has 0 fully saturated rings. The summed E-state index contributed by atoms with van der Waals surface area (Å²) in [5.74, 6) is 0. The smallest absolute Gasteiger partial charge is 0.0991 e. The van der Waals surface area contributed by atoms with E-state index in [0.717, 1.165) is 44.3 Å². The Hall–Kier alpha value is -4.32. The van der Waals surface area contributed by atoms with E-state index in [2.05, 4.69) is 51.4 Å². The van der Waals surface area contributed by atoms with E-state index in [1.54, 1.807) is 25.0 Å². The Kier molecular flexibility index (Phi) is 3.67. The third-order valence-electron chi connectivity index (χ3n) is 5.27. The van der Waals surface area contributed by atoms with Crippen LogP contribution in [0.4, 0.5) is 0 Å². The van der Waals surface area contributed by atoms with Gasteiger partial charge in [0.25, 0.3) is 0 Å². The standard InChI is InChI=1S/C24H16N6/c1-3-17-13-22-21(4-2-5-27-22)23(24(17)28-6-1)18-11-19(29-9-7-25-15-29)14-20(12-18)30-10-8-26-16-30/h1-16H. The third-order valence-corrected chi connectivity index (χ3v) is 5.27. The number of rotatable bonds is 3. The van der Waals surface area contributed by atoms with E-state index >= 15 is 0 Å². The summed E-state index contributed by atoms with van der Waals surface area (Å²) in [6, 6.07) is 16.7. The van der Waals surface area contributed by atoms with Crippen molar-refractivity contribution >= 4 is 21.8 Å². The molecule has 142 valence electrons. The van der Waals surface area contributed by atoms with Crippen molar-refractivity contribution in [2.75, 3.05) is 0 Å². The number of benzene rings is 2. The van der Waals surface area contributed by atoms with Crippen LogP contribution >= 0.6 is 0 Å². The number of hydrogen-bond acceptors (Lipinski definition) is 4. The highest BCUT2D eigenvalue weighted by Crippen LogP contribution is 2.36. The number of aromatic nitrogens is 6. The summed E-state index contributed by atoms with van der Waals surface area (Å²) in [6.07, 6.45) is 14.7. The van der Waals surface area contributed by atoms with Gasteiger partial charge in [0.2, 0.25) is 0 Å². The Morgan fingerprint density at radius 1 is 0.667 bits per heavy atom. The molecular weight excluding hydrogens is 372 g/mol. The van der Waals surface area contributed by atoms with E-state index in [9.17, 15) is 0 Å².